The molecule has 0 aliphatic heterocycles. The van der Waals surface area contributed by atoms with Crippen LogP contribution in [-0.4, -0.2) is 5.97 Å². The smallest absolute Gasteiger partial charge is 0.348 e. The summed E-state index contributed by atoms with van der Waals surface area (Å²) in [5.41, 5.74) is 6.13. The maximum Gasteiger partial charge on any atom is 0.348 e. The summed E-state index contributed by atoms with van der Waals surface area (Å²) in [6.45, 7) is 1.46. The van der Waals surface area contributed by atoms with Gasteiger partial charge in [-0.15, -0.1) is 11.3 Å². The van der Waals surface area contributed by atoms with Gasteiger partial charge in [-0.2, -0.15) is 0 Å². The second-order valence-electron chi connectivity index (χ2n) is 3.93. The second-order valence-corrected chi connectivity index (χ2v) is 5.19. The minimum absolute atomic E-state index is 0.00500. The molecule has 2 N–H and O–H groups in total. The van der Waals surface area contributed by atoms with Gasteiger partial charge in [0.1, 0.15) is 23.1 Å². The van der Waals surface area contributed by atoms with Gasteiger partial charge in [-0.3, -0.25) is 0 Å². The molecule has 6 heteroatoms. The summed E-state index contributed by atoms with van der Waals surface area (Å²) in [5, 5.41) is 0. The summed E-state index contributed by atoms with van der Waals surface area (Å²) in [6, 6.07) is 4.50. The molecule has 0 aliphatic carbocycles. The molecule has 0 amide bonds. The maximum absolute atomic E-state index is 13.3. The van der Waals surface area contributed by atoms with Crippen molar-refractivity contribution in [2.45, 2.75) is 13.5 Å². The van der Waals surface area contributed by atoms with E-state index in [9.17, 15) is 13.6 Å². The van der Waals surface area contributed by atoms with Crippen LogP contribution in [0.4, 0.5) is 14.5 Å². The zero-order valence-corrected chi connectivity index (χ0v) is 10.9. The van der Waals surface area contributed by atoms with Gasteiger partial charge in [0.15, 0.2) is 0 Å². The first kappa shape index (κ1) is 13.5. The van der Waals surface area contributed by atoms with E-state index in [-0.39, 0.29) is 12.2 Å². The van der Waals surface area contributed by atoms with E-state index in [1.807, 2.05) is 0 Å². The van der Waals surface area contributed by atoms with Crippen LogP contribution in [-0.2, 0) is 11.3 Å². The average Bonchev–Trinajstić information content (AvgIpc) is 2.70. The van der Waals surface area contributed by atoms with Gasteiger partial charge in [-0.05, 0) is 31.2 Å². The zero-order chi connectivity index (χ0) is 14.0. The van der Waals surface area contributed by atoms with Crippen molar-refractivity contribution in [2.75, 3.05) is 5.73 Å². The van der Waals surface area contributed by atoms with Gasteiger partial charge in [-0.25, -0.2) is 13.6 Å². The van der Waals surface area contributed by atoms with Crippen molar-refractivity contribution in [1.29, 1.82) is 0 Å². The van der Waals surface area contributed by atoms with Crippen LogP contribution in [0.2, 0.25) is 0 Å². The molecule has 1 aromatic carbocycles. The van der Waals surface area contributed by atoms with E-state index in [0.29, 0.717) is 10.6 Å². The first-order valence-electron chi connectivity index (χ1n) is 5.44. The van der Waals surface area contributed by atoms with Crippen LogP contribution in [0.15, 0.2) is 24.3 Å². The first-order valence-corrected chi connectivity index (χ1v) is 6.26. The van der Waals surface area contributed by atoms with Crippen molar-refractivity contribution in [3.8, 4) is 0 Å². The van der Waals surface area contributed by atoms with Crippen molar-refractivity contribution in [1.82, 2.24) is 0 Å². The van der Waals surface area contributed by atoms with Crippen LogP contribution in [0, 0.1) is 18.6 Å². The number of aryl methyl sites for hydroxylation is 1. The van der Waals surface area contributed by atoms with E-state index >= 15 is 0 Å². The number of hydrogen-bond donors (Lipinski definition) is 1. The van der Waals surface area contributed by atoms with Gasteiger partial charge < -0.3 is 10.5 Å². The summed E-state index contributed by atoms with van der Waals surface area (Å²) < 4.78 is 31.2. The molecule has 0 spiro atoms. The highest BCUT2D eigenvalue weighted by Gasteiger charge is 2.13. The third-order valence-electron chi connectivity index (χ3n) is 2.52. The van der Waals surface area contributed by atoms with Gasteiger partial charge in [0.2, 0.25) is 0 Å². The minimum atomic E-state index is -0.615. The molecule has 19 heavy (non-hydrogen) atoms. The lowest BCUT2D eigenvalue weighted by atomic mass is 10.2. The van der Waals surface area contributed by atoms with E-state index in [1.54, 1.807) is 6.92 Å². The summed E-state index contributed by atoms with van der Waals surface area (Å²) in [4.78, 5) is 12.8. The number of carbonyl (C=O) groups is 1. The van der Waals surface area contributed by atoms with Crippen molar-refractivity contribution in [3.63, 3.8) is 0 Å². The lowest BCUT2D eigenvalue weighted by Crippen LogP contribution is -2.04. The van der Waals surface area contributed by atoms with E-state index in [0.717, 1.165) is 23.1 Å². The molecule has 0 radical (unpaired) electrons. The third-order valence-corrected chi connectivity index (χ3v) is 3.57. The van der Waals surface area contributed by atoms with E-state index < -0.39 is 17.6 Å². The molecule has 0 saturated heterocycles. The number of nitrogen functional groups attached to an aromatic ring is 1. The Balaban J connectivity index is 2.06. The van der Waals surface area contributed by atoms with Gasteiger partial charge in [0.25, 0.3) is 0 Å². The molecule has 2 aromatic rings. The van der Waals surface area contributed by atoms with Gasteiger partial charge in [-0.1, -0.05) is 0 Å². The van der Waals surface area contributed by atoms with Crippen LogP contribution in [0.1, 0.15) is 20.1 Å². The van der Waals surface area contributed by atoms with Crippen LogP contribution in [0.5, 0.6) is 0 Å². The quantitative estimate of drug-likeness (QED) is 0.879. The number of nitrogens with two attached hydrogens (primary N) is 1. The minimum Gasteiger partial charge on any atom is -0.457 e. The van der Waals surface area contributed by atoms with E-state index in [1.165, 1.54) is 17.4 Å². The molecule has 0 atom stereocenters. The monoisotopic (exact) mass is 283 g/mol. The molecule has 1 heterocycles. The fourth-order valence-corrected chi connectivity index (χ4v) is 2.30. The molecule has 0 saturated carbocycles. The fraction of sp³-hybridized carbons (Fsp3) is 0.154. The summed E-state index contributed by atoms with van der Waals surface area (Å²) in [5.74, 6) is -1.80. The Hall–Kier alpha value is -1.95. The van der Waals surface area contributed by atoms with Gasteiger partial charge in [0.05, 0.1) is 0 Å². The number of ether oxygens (including phenoxy) is 1. The SMILES string of the molecule is Cc1sc(C(=O)OCc2cc(F)ccc2F)cc1N. The molecule has 3 nitrogen and oxygen atoms in total. The Kier molecular flexibility index (Phi) is 3.80. The highest BCUT2D eigenvalue weighted by atomic mass is 32.1. The lowest BCUT2D eigenvalue weighted by molar-refractivity contribution is 0.0474. The molecule has 2 rings (SSSR count). The number of benzene rings is 1. The average molecular weight is 283 g/mol. The van der Waals surface area contributed by atoms with Crippen LogP contribution in [0.25, 0.3) is 0 Å². The summed E-state index contributed by atoms with van der Waals surface area (Å²) >= 11 is 1.20. The number of thiophene rings is 1. The first-order chi connectivity index (χ1) is 8.97. The largest absolute Gasteiger partial charge is 0.457 e. The Morgan fingerprint density at radius 2 is 2.11 bits per heavy atom. The molecular formula is C13H11F2NO2S. The number of anilines is 1. The highest BCUT2D eigenvalue weighted by molar-refractivity contribution is 7.14. The lowest BCUT2D eigenvalue weighted by Gasteiger charge is -2.04. The van der Waals surface area contributed by atoms with E-state index in [2.05, 4.69) is 0 Å². The number of carbonyl (C=O) groups excluding carboxylic acids is 1. The number of halogens is 2. The predicted molar refractivity (Wildman–Crippen MR) is 68.9 cm³/mol. The Labute approximate surface area is 112 Å². The van der Waals surface area contributed by atoms with Crippen LogP contribution in [0.3, 0.4) is 0 Å². The van der Waals surface area contributed by atoms with Gasteiger partial charge >= 0.3 is 5.97 Å². The van der Waals surface area contributed by atoms with Crippen molar-refractivity contribution in [3.05, 3.63) is 51.2 Å². The molecule has 100 valence electrons. The summed E-state index contributed by atoms with van der Waals surface area (Å²) in [7, 11) is 0. The normalized spacial score (nSPS) is 10.5. The standard InChI is InChI=1S/C13H11F2NO2S/c1-7-11(16)5-12(19-7)13(17)18-6-8-4-9(14)2-3-10(8)15/h2-5H,6,16H2,1H3. The van der Waals surface area contributed by atoms with Crippen LogP contribution >= 0.6 is 11.3 Å². The maximum atomic E-state index is 13.3. The van der Waals surface area contributed by atoms with E-state index in [4.69, 9.17) is 10.5 Å². The number of esters is 1. The number of rotatable bonds is 3. The Morgan fingerprint density at radius 3 is 2.74 bits per heavy atom. The molecule has 0 unspecified atom stereocenters. The molecular weight excluding hydrogens is 272 g/mol. The van der Waals surface area contributed by atoms with Crippen molar-refractivity contribution < 1.29 is 18.3 Å². The van der Waals surface area contributed by atoms with Crippen LogP contribution < -0.4 is 5.73 Å². The molecule has 0 bridgehead atoms. The van der Waals surface area contributed by atoms with Crippen molar-refractivity contribution >= 4 is 23.0 Å². The van der Waals surface area contributed by atoms with Crippen molar-refractivity contribution in [2.24, 2.45) is 0 Å². The molecule has 1 aromatic heterocycles. The highest BCUT2D eigenvalue weighted by Crippen LogP contribution is 2.24. The zero-order valence-electron chi connectivity index (χ0n) is 10.1. The molecule has 0 fully saturated rings. The number of hydrogen-bond acceptors (Lipinski definition) is 4. The molecule has 0 aliphatic rings. The summed E-state index contributed by atoms with van der Waals surface area (Å²) in [6.07, 6.45) is 0. The fourth-order valence-electron chi connectivity index (χ4n) is 1.47. The predicted octanol–water partition coefficient (Wildman–Crippen LogP) is 3.27. The topological polar surface area (TPSA) is 52.3 Å². The van der Waals surface area contributed by atoms with Gasteiger partial charge in [0, 0.05) is 16.1 Å². The second kappa shape index (κ2) is 5.36. The Bertz CT molecular complexity index is 606. The third kappa shape index (κ3) is 3.08. The Morgan fingerprint density at radius 1 is 1.37 bits per heavy atom.